The van der Waals surface area contributed by atoms with Crippen LogP contribution >= 0.6 is 39.1 Å². The van der Waals surface area contributed by atoms with Gasteiger partial charge in [-0.25, -0.2) is 0 Å². The van der Waals surface area contributed by atoms with Crippen LogP contribution in [0.15, 0.2) is 22.9 Å². The molecule has 0 saturated heterocycles. The van der Waals surface area contributed by atoms with E-state index in [9.17, 15) is 0 Å². The molecule has 2 rings (SSSR count). The molecular formula is C14H18BrCl2N. The Morgan fingerprint density at radius 1 is 1.22 bits per heavy atom. The van der Waals surface area contributed by atoms with Crippen molar-refractivity contribution in [2.45, 2.75) is 32.1 Å². The van der Waals surface area contributed by atoms with Gasteiger partial charge < -0.3 is 0 Å². The Hall–Kier alpha value is 0.210. The van der Waals surface area contributed by atoms with Crippen LogP contribution in [0.5, 0.6) is 0 Å². The van der Waals surface area contributed by atoms with Gasteiger partial charge >= 0.3 is 0 Å². The van der Waals surface area contributed by atoms with Crippen LogP contribution in [0.2, 0.25) is 0 Å². The van der Waals surface area contributed by atoms with Crippen molar-refractivity contribution >= 4 is 39.1 Å². The van der Waals surface area contributed by atoms with Gasteiger partial charge in [0.1, 0.15) is 0 Å². The summed E-state index contributed by atoms with van der Waals surface area (Å²) in [5, 5.41) is 0. The van der Waals surface area contributed by atoms with Gasteiger partial charge in [0.05, 0.1) is 0 Å². The highest BCUT2D eigenvalue weighted by molar-refractivity contribution is 9.10. The van der Waals surface area contributed by atoms with Crippen molar-refractivity contribution in [3.63, 3.8) is 0 Å². The lowest BCUT2D eigenvalue weighted by Crippen LogP contribution is -2.35. The van der Waals surface area contributed by atoms with E-state index >= 15 is 0 Å². The monoisotopic (exact) mass is 349 g/mol. The minimum atomic E-state index is 0.0298. The topological polar surface area (TPSA) is 12.9 Å². The van der Waals surface area contributed by atoms with Crippen LogP contribution in [0.3, 0.4) is 0 Å². The third-order valence-electron chi connectivity index (χ3n) is 4.07. The number of pyridine rings is 1. The van der Waals surface area contributed by atoms with Gasteiger partial charge in [-0.15, -0.1) is 23.2 Å². The molecule has 0 atom stereocenters. The van der Waals surface area contributed by atoms with Gasteiger partial charge in [0.25, 0.3) is 0 Å². The maximum Gasteiger partial charge on any atom is 0.0410 e. The summed E-state index contributed by atoms with van der Waals surface area (Å²) >= 11 is 16.0. The number of halogens is 3. The van der Waals surface area contributed by atoms with Gasteiger partial charge in [-0.05, 0) is 52.7 Å². The molecular weight excluding hydrogens is 333 g/mol. The van der Waals surface area contributed by atoms with E-state index in [1.165, 1.54) is 31.2 Å². The fourth-order valence-corrected chi connectivity index (χ4v) is 4.31. The third-order valence-corrected chi connectivity index (χ3v) is 5.57. The highest BCUT2D eigenvalue weighted by atomic mass is 79.9. The molecule has 1 nitrogen and oxygen atoms in total. The molecule has 0 aliphatic heterocycles. The van der Waals surface area contributed by atoms with Crippen LogP contribution in [-0.4, -0.2) is 16.7 Å². The van der Waals surface area contributed by atoms with Gasteiger partial charge in [-0.1, -0.05) is 12.8 Å². The van der Waals surface area contributed by atoms with E-state index in [1.807, 2.05) is 12.4 Å². The first-order valence-electron chi connectivity index (χ1n) is 6.41. The van der Waals surface area contributed by atoms with E-state index in [-0.39, 0.29) is 5.41 Å². The van der Waals surface area contributed by atoms with Crippen LogP contribution in [-0.2, 0) is 6.42 Å². The summed E-state index contributed by atoms with van der Waals surface area (Å²) in [5.41, 5.74) is 1.25. The van der Waals surface area contributed by atoms with Gasteiger partial charge in [0, 0.05) is 34.0 Å². The van der Waals surface area contributed by atoms with Crippen LogP contribution in [0, 0.1) is 11.3 Å². The summed E-state index contributed by atoms with van der Waals surface area (Å²) < 4.78 is 1.02. The average Bonchev–Trinajstić information content (AvgIpc) is 2.90. The minimum absolute atomic E-state index is 0.0298. The van der Waals surface area contributed by atoms with E-state index in [1.54, 1.807) is 0 Å². The highest BCUT2D eigenvalue weighted by Crippen LogP contribution is 2.44. The van der Waals surface area contributed by atoms with Gasteiger partial charge in [0.15, 0.2) is 0 Å². The van der Waals surface area contributed by atoms with Crippen molar-refractivity contribution in [2.24, 2.45) is 11.3 Å². The fourth-order valence-electron chi connectivity index (χ4n) is 2.99. The number of nitrogens with zero attached hydrogens (tertiary/aromatic N) is 1. The maximum absolute atomic E-state index is 6.28. The summed E-state index contributed by atoms with van der Waals surface area (Å²) in [5.74, 6) is 1.92. The molecule has 1 heterocycles. The predicted octanol–water partition coefficient (Wildman–Crippen LogP) is 5.04. The Morgan fingerprint density at radius 3 is 2.44 bits per heavy atom. The number of aromatic nitrogens is 1. The summed E-state index contributed by atoms with van der Waals surface area (Å²) in [6.45, 7) is 0. The highest BCUT2D eigenvalue weighted by Gasteiger charge is 2.39. The zero-order chi connectivity index (χ0) is 13.0. The van der Waals surface area contributed by atoms with Gasteiger partial charge in [-0.3, -0.25) is 4.98 Å². The second-order valence-corrected chi connectivity index (χ2v) is 6.75. The third kappa shape index (κ3) is 3.20. The lowest BCUT2D eigenvalue weighted by atomic mass is 9.73. The molecule has 0 aromatic carbocycles. The lowest BCUT2D eigenvalue weighted by molar-refractivity contribution is 0.225. The van der Waals surface area contributed by atoms with Crippen LogP contribution < -0.4 is 0 Å². The van der Waals surface area contributed by atoms with Crippen molar-refractivity contribution in [2.75, 3.05) is 11.8 Å². The smallest absolute Gasteiger partial charge is 0.0410 e. The predicted molar refractivity (Wildman–Crippen MR) is 81.5 cm³/mol. The summed E-state index contributed by atoms with van der Waals surface area (Å²) in [6, 6.07) is 2.12. The first-order chi connectivity index (χ1) is 8.70. The molecule has 4 heteroatoms. The second-order valence-electron chi connectivity index (χ2n) is 5.30. The largest absolute Gasteiger partial charge is 0.263 e. The molecule has 1 fully saturated rings. The Kier molecular flexibility index (Phi) is 5.35. The van der Waals surface area contributed by atoms with E-state index in [0.717, 1.165) is 10.9 Å². The van der Waals surface area contributed by atoms with Crippen LogP contribution in [0.1, 0.15) is 31.2 Å². The second kappa shape index (κ2) is 6.58. The Labute approximate surface area is 127 Å². The quantitative estimate of drug-likeness (QED) is 0.678. The Balaban J connectivity index is 2.19. The lowest BCUT2D eigenvalue weighted by Gasteiger charge is -2.36. The molecule has 18 heavy (non-hydrogen) atoms. The Morgan fingerprint density at radius 2 is 1.89 bits per heavy atom. The zero-order valence-corrected chi connectivity index (χ0v) is 13.4. The van der Waals surface area contributed by atoms with Gasteiger partial charge in [0.2, 0.25) is 0 Å². The Bertz CT molecular complexity index is 387. The molecule has 1 aliphatic rings. The average molecular weight is 351 g/mol. The van der Waals surface area contributed by atoms with Crippen LogP contribution in [0.25, 0.3) is 0 Å². The molecule has 1 aromatic rings. The van der Waals surface area contributed by atoms with Crippen molar-refractivity contribution in [1.82, 2.24) is 4.98 Å². The fraction of sp³-hybridized carbons (Fsp3) is 0.643. The number of hydrogen-bond donors (Lipinski definition) is 0. The van der Waals surface area contributed by atoms with Crippen molar-refractivity contribution in [3.05, 3.63) is 28.5 Å². The molecule has 0 N–H and O–H groups in total. The van der Waals surface area contributed by atoms with E-state index in [4.69, 9.17) is 23.2 Å². The van der Waals surface area contributed by atoms with E-state index in [2.05, 4.69) is 27.0 Å². The summed E-state index contributed by atoms with van der Waals surface area (Å²) in [6.07, 6.45) is 9.82. The van der Waals surface area contributed by atoms with Crippen molar-refractivity contribution in [3.8, 4) is 0 Å². The molecule has 1 aliphatic carbocycles. The van der Waals surface area contributed by atoms with E-state index in [0.29, 0.717) is 17.7 Å². The summed E-state index contributed by atoms with van der Waals surface area (Å²) in [7, 11) is 0. The molecule has 0 amide bonds. The molecule has 0 radical (unpaired) electrons. The molecule has 0 spiro atoms. The molecule has 100 valence electrons. The van der Waals surface area contributed by atoms with E-state index < -0.39 is 0 Å². The van der Waals surface area contributed by atoms with Crippen molar-refractivity contribution < 1.29 is 0 Å². The van der Waals surface area contributed by atoms with Crippen molar-refractivity contribution in [1.29, 1.82) is 0 Å². The molecule has 0 unspecified atom stereocenters. The molecule has 1 aromatic heterocycles. The first kappa shape index (κ1) is 14.6. The minimum Gasteiger partial charge on any atom is -0.263 e. The number of rotatable bonds is 5. The normalized spacial score (nSPS) is 17.3. The van der Waals surface area contributed by atoms with Crippen LogP contribution in [0.4, 0.5) is 0 Å². The molecule has 1 saturated carbocycles. The zero-order valence-electron chi connectivity index (χ0n) is 10.3. The number of alkyl halides is 2. The van der Waals surface area contributed by atoms with Gasteiger partial charge in [-0.2, -0.15) is 0 Å². The number of hydrogen-bond acceptors (Lipinski definition) is 1. The summed E-state index contributed by atoms with van der Waals surface area (Å²) in [4.78, 5) is 4.23. The molecule has 0 bridgehead atoms. The standard InChI is InChI=1S/C14H18BrCl2N/c15-13-5-11(7-18-8-13)6-14(9-16,10-17)12-3-1-2-4-12/h5,7-8,12H,1-4,6,9-10H2. The SMILES string of the molecule is ClCC(CCl)(Cc1cncc(Br)c1)C1CCCC1. The first-order valence-corrected chi connectivity index (χ1v) is 8.28. The maximum atomic E-state index is 6.28.